The normalized spacial score (nSPS) is 11.7. The molecule has 4 nitrogen and oxygen atoms in total. The van der Waals surface area contributed by atoms with Crippen LogP contribution in [0.5, 0.6) is 0 Å². The quantitative estimate of drug-likeness (QED) is 0.733. The SMILES string of the molecule is Cc1nc2ccc(Cl)cn2c1C(=O)Nc1cccc(C(F)(F)F)c1. The van der Waals surface area contributed by atoms with E-state index in [0.717, 1.165) is 12.1 Å². The fourth-order valence-corrected chi connectivity index (χ4v) is 2.53. The molecule has 0 aliphatic rings. The van der Waals surface area contributed by atoms with Gasteiger partial charge in [0.25, 0.3) is 5.91 Å². The van der Waals surface area contributed by atoms with Gasteiger partial charge >= 0.3 is 6.18 Å². The summed E-state index contributed by atoms with van der Waals surface area (Å²) in [6.45, 7) is 1.64. The monoisotopic (exact) mass is 353 g/mol. The number of halogens is 4. The van der Waals surface area contributed by atoms with Crippen LogP contribution >= 0.6 is 11.6 Å². The topological polar surface area (TPSA) is 46.4 Å². The first kappa shape index (κ1) is 16.3. The van der Waals surface area contributed by atoms with Crippen LogP contribution in [0.15, 0.2) is 42.6 Å². The minimum absolute atomic E-state index is 0.0474. The number of fused-ring (bicyclic) bond motifs is 1. The molecule has 0 aliphatic heterocycles. The van der Waals surface area contributed by atoms with Crippen LogP contribution in [0, 0.1) is 6.92 Å². The molecule has 0 radical (unpaired) electrons. The van der Waals surface area contributed by atoms with Gasteiger partial charge in [-0.25, -0.2) is 4.98 Å². The molecule has 3 aromatic rings. The highest BCUT2D eigenvalue weighted by molar-refractivity contribution is 6.30. The molecule has 1 amide bonds. The van der Waals surface area contributed by atoms with Crippen molar-refractivity contribution in [3.8, 4) is 0 Å². The van der Waals surface area contributed by atoms with Crippen molar-refractivity contribution in [2.24, 2.45) is 0 Å². The number of aromatic nitrogens is 2. The molecular weight excluding hydrogens is 343 g/mol. The van der Waals surface area contributed by atoms with Crippen molar-refractivity contribution < 1.29 is 18.0 Å². The Balaban J connectivity index is 1.96. The highest BCUT2D eigenvalue weighted by Gasteiger charge is 2.30. The number of hydrogen-bond donors (Lipinski definition) is 1. The summed E-state index contributed by atoms with van der Waals surface area (Å²) in [5.41, 5.74) is 0.391. The Morgan fingerprint density at radius 3 is 2.71 bits per heavy atom. The van der Waals surface area contributed by atoms with Crippen LogP contribution in [0.25, 0.3) is 5.65 Å². The molecule has 124 valence electrons. The van der Waals surface area contributed by atoms with Gasteiger partial charge in [-0.2, -0.15) is 13.2 Å². The van der Waals surface area contributed by atoms with E-state index in [1.165, 1.54) is 22.7 Å². The second kappa shape index (κ2) is 5.83. The van der Waals surface area contributed by atoms with Crippen molar-refractivity contribution >= 4 is 28.8 Å². The Kier molecular flexibility index (Phi) is 3.96. The van der Waals surface area contributed by atoms with Crippen LogP contribution in [-0.2, 0) is 6.18 Å². The van der Waals surface area contributed by atoms with E-state index in [2.05, 4.69) is 10.3 Å². The van der Waals surface area contributed by atoms with Gasteiger partial charge in [0.1, 0.15) is 11.3 Å². The zero-order valence-corrected chi connectivity index (χ0v) is 13.1. The van der Waals surface area contributed by atoms with Crippen LogP contribution in [0.2, 0.25) is 5.02 Å². The standard InChI is InChI=1S/C16H11ClF3N3O/c1-9-14(23-8-11(17)5-6-13(23)21-9)15(24)22-12-4-2-3-10(7-12)16(18,19)20/h2-8H,1H3,(H,22,24). The molecule has 2 heterocycles. The highest BCUT2D eigenvalue weighted by atomic mass is 35.5. The smallest absolute Gasteiger partial charge is 0.321 e. The molecule has 0 aliphatic carbocycles. The molecule has 0 bridgehead atoms. The summed E-state index contributed by atoms with van der Waals surface area (Å²) in [5, 5.41) is 2.88. The summed E-state index contributed by atoms with van der Waals surface area (Å²) in [5.74, 6) is -0.568. The average molecular weight is 354 g/mol. The summed E-state index contributed by atoms with van der Waals surface area (Å²) < 4.78 is 39.8. The molecule has 2 aromatic heterocycles. The van der Waals surface area contributed by atoms with Crippen LogP contribution in [0.4, 0.5) is 18.9 Å². The minimum Gasteiger partial charge on any atom is -0.321 e. The van der Waals surface area contributed by atoms with E-state index >= 15 is 0 Å². The number of carbonyl (C=O) groups is 1. The molecular formula is C16H11ClF3N3O. The first-order chi connectivity index (χ1) is 11.3. The fourth-order valence-electron chi connectivity index (χ4n) is 2.37. The molecule has 3 rings (SSSR count). The van der Waals surface area contributed by atoms with E-state index in [1.54, 1.807) is 19.1 Å². The molecule has 0 saturated heterocycles. The maximum Gasteiger partial charge on any atom is 0.416 e. The van der Waals surface area contributed by atoms with E-state index in [4.69, 9.17) is 11.6 Å². The lowest BCUT2D eigenvalue weighted by atomic mass is 10.2. The van der Waals surface area contributed by atoms with Crippen LogP contribution in [0.1, 0.15) is 21.7 Å². The molecule has 0 spiro atoms. The van der Waals surface area contributed by atoms with Gasteiger partial charge in [0.2, 0.25) is 0 Å². The maximum absolute atomic E-state index is 12.8. The lowest BCUT2D eigenvalue weighted by molar-refractivity contribution is -0.137. The van der Waals surface area contributed by atoms with Crippen molar-refractivity contribution in [2.45, 2.75) is 13.1 Å². The molecule has 1 aromatic carbocycles. The fraction of sp³-hybridized carbons (Fsp3) is 0.125. The van der Waals surface area contributed by atoms with Gasteiger partial charge in [-0.1, -0.05) is 17.7 Å². The van der Waals surface area contributed by atoms with Gasteiger partial charge in [0, 0.05) is 11.9 Å². The number of rotatable bonds is 2. The van der Waals surface area contributed by atoms with Crippen molar-refractivity contribution in [3.05, 3.63) is 64.6 Å². The summed E-state index contributed by atoms with van der Waals surface area (Å²) in [4.78, 5) is 16.7. The molecule has 24 heavy (non-hydrogen) atoms. The van der Waals surface area contributed by atoms with Gasteiger partial charge in [-0.05, 0) is 37.3 Å². The zero-order chi connectivity index (χ0) is 17.5. The summed E-state index contributed by atoms with van der Waals surface area (Å²) in [7, 11) is 0. The lowest BCUT2D eigenvalue weighted by Gasteiger charge is -2.10. The molecule has 8 heteroatoms. The van der Waals surface area contributed by atoms with Gasteiger partial charge in [0.15, 0.2) is 0 Å². The zero-order valence-electron chi connectivity index (χ0n) is 12.4. The van der Waals surface area contributed by atoms with Gasteiger partial charge in [0.05, 0.1) is 16.3 Å². The first-order valence-corrected chi connectivity index (χ1v) is 7.26. The van der Waals surface area contributed by atoms with Gasteiger partial charge < -0.3 is 5.32 Å². The average Bonchev–Trinajstić information content (AvgIpc) is 2.81. The van der Waals surface area contributed by atoms with Crippen molar-refractivity contribution in [3.63, 3.8) is 0 Å². The largest absolute Gasteiger partial charge is 0.416 e. The van der Waals surface area contributed by atoms with E-state index in [1.807, 2.05) is 0 Å². The third-order valence-corrected chi connectivity index (χ3v) is 3.64. The number of benzene rings is 1. The predicted octanol–water partition coefficient (Wildman–Crippen LogP) is 4.57. The van der Waals surface area contributed by atoms with E-state index in [-0.39, 0.29) is 11.4 Å². The number of pyridine rings is 1. The predicted molar refractivity (Wildman–Crippen MR) is 84.3 cm³/mol. The van der Waals surface area contributed by atoms with Crippen LogP contribution in [0.3, 0.4) is 0 Å². The molecule has 1 N–H and O–H groups in total. The van der Waals surface area contributed by atoms with Crippen LogP contribution < -0.4 is 5.32 Å². The van der Waals surface area contributed by atoms with Crippen molar-refractivity contribution in [1.29, 1.82) is 0 Å². The summed E-state index contributed by atoms with van der Waals surface area (Å²) in [6.07, 6.45) is -2.95. The number of nitrogens with one attached hydrogen (secondary N) is 1. The Morgan fingerprint density at radius 2 is 2.00 bits per heavy atom. The number of carbonyl (C=O) groups excluding carboxylic acids is 1. The highest BCUT2D eigenvalue weighted by Crippen LogP contribution is 2.30. The first-order valence-electron chi connectivity index (χ1n) is 6.88. The van der Waals surface area contributed by atoms with Gasteiger partial charge in [-0.3, -0.25) is 9.20 Å². The van der Waals surface area contributed by atoms with Crippen molar-refractivity contribution in [1.82, 2.24) is 9.38 Å². The van der Waals surface area contributed by atoms with Crippen LogP contribution in [-0.4, -0.2) is 15.3 Å². The molecule has 0 atom stereocenters. The maximum atomic E-state index is 12.8. The number of imidazole rings is 1. The summed E-state index contributed by atoms with van der Waals surface area (Å²) in [6, 6.07) is 7.72. The third-order valence-electron chi connectivity index (χ3n) is 3.42. The third kappa shape index (κ3) is 3.07. The second-order valence-corrected chi connectivity index (χ2v) is 5.59. The second-order valence-electron chi connectivity index (χ2n) is 5.15. The molecule has 0 fully saturated rings. The van der Waals surface area contributed by atoms with E-state index in [0.29, 0.717) is 16.4 Å². The number of aryl methyl sites for hydroxylation is 1. The summed E-state index contributed by atoms with van der Waals surface area (Å²) >= 11 is 5.93. The van der Waals surface area contributed by atoms with Gasteiger partial charge in [-0.15, -0.1) is 0 Å². The Morgan fingerprint density at radius 1 is 1.25 bits per heavy atom. The Bertz CT molecular complexity index is 934. The number of alkyl halides is 3. The number of nitrogens with zero attached hydrogens (tertiary/aromatic N) is 2. The Hall–Kier alpha value is -2.54. The lowest BCUT2D eigenvalue weighted by Crippen LogP contribution is -2.16. The minimum atomic E-state index is -4.48. The Labute approximate surface area is 139 Å². The molecule has 0 saturated carbocycles. The van der Waals surface area contributed by atoms with E-state index < -0.39 is 17.6 Å². The van der Waals surface area contributed by atoms with E-state index in [9.17, 15) is 18.0 Å². The number of anilines is 1. The number of amides is 1. The van der Waals surface area contributed by atoms with Crippen molar-refractivity contribution in [2.75, 3.05) is 5.32 Å². The number of hydrogen-bond acceptors (Lipinski definition) is 2. The molecule has 0 unspecified atom stereocenters.